The molecule has 0 fully saturated rings. The molecule has 0 aliphatic heterocycles. The molecule has 0 radical (unpaired) electrons. The fraction of sp³-hybridized carbons (Fsp3) is 0.333. The van der Waals surface area contributed by atoms with Crippen molar-refractivity contribution >= 4 is 85.5 Å². The molecule has 0 rings (SSSR count). The first kappa shape index (κ1) is 14.5. The molecule has 0 aliphatic rings. The molecule has 0 saturated heterocycles. The zero-order chi connectivity index (χ0) is 8.73. The number of rotatable bonds is 0. The van der Waals surface area contributed by atoms with Crippen molar-refractivity contribution in [2.75, 3.05) is 0 Å². The van der Waals surface area contributed by atoms with E-state index in [4.69, 9.17) is 69.6 Å². The molecule has 0 aliphatic carbocycles. The Balaban J connectivity index is 0. The predicted molar refractivity (Wildman–Crippen MR) is 54.9 cm³/mol. The maximum Gasteiger partial charge on any atom is 0.162 e. The summed E-state index contributed by atoms with van der Waals surface area (Å²) < 4.78 is -0.607. The van der Waals surface area contributed by atoms with E-state index in [0.29, 0.717) is 0 Å². The van der Waals surface area contributed by atoms with E-state index in [1.54, 1.807) is 0 Å². The Morgan fingerprint density at radius 3 is 1.00 bits per heavy atom. The SMILES string of the molecule is ClC(Cl)=C(Cl)Cl.ClC(Cl)Br. The van der Waals surface area contributed by atoms with Crippen LogP contribution in [0, 0.1) is 0 Å². The van der Waals surface area contributed by atoms with Gasteiger partial charge in [0, 0.05) is 0 Å². The molecule has 0 aromatic carbocycles. The molecule has 0 unspecified atom stereocenters. The molecule has 0 nitrogen and oxygen atoms in total. The zero-order valence-electron chi connectivity index (χ0n) is 4.22. The van der Waals surface area contributed by atoms with Crippen molar-refractivity contribution in [3.05, 3.63) is 8.98 Å². The molecule has 0 heterocycles. The smallest absolute Gasteiger partial charge is 0.0926 e. The van der Waals surface area contributed by atoms with Crippen LogP contribution in [0.3, 0.4) is 0 Å². The van der Waals surface area contributed by atoms with Crippen LogP contribution in [0.1, 0.15) is 0 Å². The van der Waals surface area contributed by atoms with Crippen LogP contribution >= 0.6 is 85.5 Å². The van der Waals surface area contributed by atoms with Crippen LogP contribution in [0.2, 0.25) is 0 Å². The van der Waals surface area contributed by atoms with Crippen LogP contribution in [-0.2, 0) is 0 Å². The van der Waals surface area contributed by atoms with Gasteiger partial charge in [0.15, 0.2) is 3.75 Å². The normalized spacial score (nSPS) is 8.40. The lowest BCUT2D eigenvalue weighted by Gasteiger charge is -1.75. The van der Waals surface area contributed by atoms with Gasteiger partial charge in [0.25, 0.3) is 0 Å². The van der Waals surface area contributed by atoms with Crippen molar-refractivity contribution < 1.29 is 0 Å². The van der Waals surface area contributed by atoms with Gasteiger partial charge >= 0.3 is 0 Å². The molecule has 0 aromatic heterocycles. The van der Waals surface area contributed by atoms with Crippen molar-refractivity contribution in [3.8, 4) is 0 Å². The van der Waals surface area contributed by atoms with Gasteiger partial charge in [-0.15, -0.1) is 0 Å². The minimum Gasteiger partial charge on any atom is -0.0926 e. The van der Waals surface area contributed by atoms with Crippen LogP contribution < -0.4 is 0 Å². The molecule has 0 saturated carbocycles. The van der Waals surface area contributed by atoms with Crippen molar-refractivity contribution in [3.63, 3.8) is 0 Å². The van der Waals surface area contributed by atoms with Gasteiger partial charge in [-0.05, 0) is 0 Å². The third-order valence-electron chi connectivity index (χ3n) is 0.143. The van der Waals surface area contributed by atoms with E-state index in [1.807, 2.05) is 0 Å². The second-order valence-corrected chi connectivity index (χ2v) is 5.73. The Labute approximate surface area is 97.5 Å². The van der Waals surface area contributed by atoms with Gasteiger partial charge in [-0.25, -0.2) is 0 Å². The molecule has 0 atom stereocenters. The largest absolute Gasteiger partial charge is 0.162 e. The van der Waals surface area contributed by atoms with Gasteiger partial charge in [0.05, 0.1) is 0 Å². The fourth-order valence-electron chi connectivity index (χ4n) is 0. The average molecular weight is 330 g/mol. The minimum atomic E-state index is -0.410. The number of halogens is 7. The van der Waals surface area contributed by atoms with E-state index in [9.17, 15) is 0 Å². The summed E-state index contributed by atoms with van der Waals surface area (Å²) in [5, 5.41) is 0. The van der Waals surface area contributed by atoms with Gasteiger partial charge in [-0.3, -0.25) is 0 Å². The highest BCUT2D eigenvalue weighted by Gasteiger charge is 1.88. The average Bonchev–Trinajstić information content (AvgIpc) is 1.63. The van der Waals surface area contributed by atoms with E-state index < -0.39 is 3.75 Å². The molecule has 0 bridgehead atoms. The number of alkyl halides is 3. The van der Waals surface area contributed by atoms with E-state index in [2.05, 4.69) is 15.9 Å². The third kappa shape index (κ3) is 22.5. The molecule has 10 heavy (non-hydrogen) atoms. The summed E-state index contributed by atoms with van der Waals surface area (Å²) in [7, 11) is 0. The van der Waals surface area contributed by atoms with Crippen LogP contribution in [0.15, 0.2) is 8.98 Å². The van der Waals surface area contributed by atoms with Crippen molar-refractivity contribution in [2.24, 2.45) is 0 Å². The summed E-state index contributed by atoms with van der Waals surface area (Å²) >= 11 is 32.7. The lowest BCUT2D eigenvalue weighted by molar-refractivity contribution is 2.06. The topological polar surface area (TPSA) is 0 Å². The summed E-state index contributed by atoms with van der Waals surface area (Å²) in [4.78, 5) is 0. The second-order valence-electron chi connectivity index (χ2n) is 0.768. The van der Waals surface area contributed by atoms with Crippen LogP contribution in [-0.4, -0.2) is 3.75 Å². The Morgan fingerprint density at radius 2 is 1.00 bits per heavy atom. The fourth-order valence-corrected chi connectivity index (χ4v) is 0. The summed E-state index contributed by atoms with van der Waals surface area (Å²) in [6, 6.07) is 0. The van der Waals surface area contributed by atoms with Crippen molar-refractivity contribution in [1.29, 1.82) is 0 Å². The molecule has 0 amide bonds. The first-order valence-corrected chi connectivity index (χ1v) is 4.96. The lowest BCUT2D eigenvalue weighted by Crippen LogP contribution is -1.53. The standard InChI is InChI=1S/C2Cl4.CHBrCl2/c3-1(4)2(5)6;2-1(3)4/h;1H. The number of hydrogen-bond acceptors (Lipinski definition) is 0. The summed E-state index contributed by atoms with van der Waals surface area (Å²) in [5.41, 5.74) is 0. The monoisotopic (exact) mass is 326 g/mol. The molecule has 0 N–H and O–H groups in total. The van der Waals surface area contributed by atoms with E-state index in [-0.39, 0.29) is 8.98 Å². The highest BCUT2D eigenvalue weighted by atomic mass is 79.9. The maximum absolute atomic E-state index is 4.99. The van der Waals surface area contributed by atoms with Crippen molar-refractivity contribution in [1.82, 2.24) is 0 Å². The van der Waals surface area contributed by atoms with E-state index >= 15 is 0 Å². The van der Waals surface area contributed by atoms with Gasteiger partial charge in [0.2, 0.25) is 0 Å². The molecule has 0 spiro atoms. The lowest BCUT2D eigenvalue weighted by atomic mass is 11.2. The Hall–Kier alpha value is 1.96. The predicted octanol–water partition coefficient (Wildman–Crippen LogP) is 5.21. The third-order valence-corrected chi connectivity index (χ3v) is 1.29. The van der Waals surface area contributed by atoms with Gasteiger partial charge < -0.3 is 0 Å². The Bertz CT molecular complexity index is 88.8. The summed E-state index contributed by atoms with van der Waals surface area (Å²) in [5.74, 6) is 0. The molecule has 7 heteroatoms. The highest BCUT2D eigenvalue weighted by molar-refractivity contribution is 9.10. The van der Waals surface area contributed by atoms with Gasteiger partial charge in [0.1, 0.15) is 8.98 Å². The Morgan fingerprint density at radius 1 is 0.900 bits per heavy atom. The van der Waals surface area contributed by atoms with Crippen LogP contribution in [0.5, 0.6) is 0 Å². The maximum atomic E-state index is 4.99. The van der Waals surface area contributed by atoms with Gasteiger partial charge in [-0.1, -0.05) is 85.5 Å². The quantitative estimate of drug-likeness (QED) is 0.535. The molecular formula is C3HBrCl6. The van der Waals surface area contributed by atoms with Gasteiger partial charge in [-0.2, -0.15) is 0 Å². The van der Waals surface area contributed by atoms with Crippen LogP contribution in [0.25, 0.3) is 0 Å². The minimum absolute atomic E-state index is 0.0988. The summed E-state index contributed by atoms with van der Waals surface area (Å²) in [6.45, 7) is 0. The van der Waals surface area contributed by atoms with E-state index in [0.717, 1.165) is 0 Å². The van der Waals surface area contributed by atoms with E-state index in [1.165, 1.54) is 0 Å². The molecule has 62 valence electrons. The molecular weight excluding hydrogens is 329 g/mol. The van der Waals surface area contributed by atoms with Crippen LogP contribution in [0.4, 0.5) is 0 Å². The first-order valence-electron chi connectivity index (χ1n) is 1.66. The Kier molecular flexibility index (Phi) is 13.1. The zero-order valence-corrected chi connectivity index (χ0v) is 10.3. The highest BCUT2D eigenvalue weighted by Crippen LogP contribution is 2.20. The van der Waals surface area contributed by atoms with Crippen molar-refractivity contribution in [2.45, 2.75) is 3.75 Å². The molecule has 0 aromatic rings. The number of hydrogen-bond donors (Lipinski definition) is 0. The first-order chi connectivity index (χ1) is 4.37. The summed E-state index contributed by atoms with van der Waals surface area (Å²) in [6.07, 6.45) is 0. The second kappa shape index (κ2) is 9.05.